The number of halogens is 1. The zero-order chi connectivity index (χ0) is 11.4. The Morgan fingerprint density at radius 3 is 3.06 bits per heavy atom. The molecule has 0 atom stereocenters. The van der Waals surface area contributed by atoms with Crippen molar-refractivity contribution < 1.29 is 0 Å². The van der Waals surface area contributed by atoms with Gasteiger partial charge in [-0.15, -0.1) is 0 Å². The van der Waals surface area contributed by atoms with Crippen LogP contribution in [0.15, 0.2) is 23.0 Å². The van der Waals surface area contributed by atoms with E-state index in [0.29, 0.717) is 23.3 Å². The average molecular weight is 255 g/mol. The molecule has 0 fully saturated rings. The molecular weight excluding hydrogens is 244 g/mol. The summed E-state index contributed by atoms with van der Waals surface area (Å²) in [4.78, 5) is 8.24. The highest BCUT2D eigenvalue weighted by molar-refractivity contribution is 7.07. The van der Waals surface area contributed by atoms with Gasteiger partial charge < -0.3 is 10.6 Å². The summed E-state index contributed by atoms with van der Waals surface area (Å²) in [6.45, 7) is 0.712. The normalized spacial score (nSPS) is 10.1. The molecule has 0 aliphatic heterocycles. The van der Waals surface area contributed by atoms with E-state index in [2.05, 4.69) is 32.0 Å². The fraction of sp³-hybridized carbons (Fsp3) is 0.200. The molecule has 84 valence electrons. The van der Waals surface area contributed by atoms with Gasteiger partial charge >= 0.3 is 0 Å². The standard InChI is InChI=1S/C10H11ClN4S/c1-12-10-14-5-8(11)9(15-10)13-4-7-2-3-16-6-7/h2-3,5-6H,4H2,1H3,(H2,12,13,14,15). The van der Waals surface area contributed by atoms with Crippen LogP contribution in [-0.2, 0) is 6.54 Å². The lowest BCUT2D eigenvalue weighted by molar-refractivity contribution is 1.08. The van der Waals surface area contributed by atoms with E-state index in [0.717, 1.165) is 0 Å². The molecule has 6 heteroatoms. The van der Waals surface area contributed by atoms with E-state index in [1.807, 2.05) is 5.38 Å². The van der Waals surface area contributed by atoms with Gasteiger partial charge in [0.1, 0.15) is 5.02 Å². The van der Waals surface area contributed by atoms with Gasteiger partial charge in [0.15, 0.2) is 5.82 Å². The first-order valence-corrected chi connectivity index (χ1v) is 6.07. The quantitative estimate of drug-likeness (QED) is 0.881. The lowest BCUT2D eigenvalue weighted by Gasteiger charge is -2.07. The van der Waals surface area contributed by atoms with Gasteiger partial charge in [-0.1, -0.05) is 11.6 Å². The Labute approximate surface area is 103 Å². The predicted octanol–water partition coefficient (Wildman–Crippen LogP) is 2.85. The summed E-state index contributed by atoms with van der Waals surface area (Å²) < 4.78 is 0. The van der Waals surface area contributed by atoms with Crippen molar-refractivity contribution in [2.24, 2.45) is 0 Å². The third-order valence-corrected chi connectivity index (χ3v) is 3.02. The summed E-state index contributed by atoms with van der Waals surface area (Å²) in [6, 6.07) is 2.06. The van der Waals surface area contributed by atoms with E-state index >= 15 is 0 Å². The second kappa shape index (κ2) is 5.14. The van der Waals surface area contributed by atoms with Crippen LogP contribution < -0.4 is 10.6 Å². The molecule has 2 rings (SSSR count). The first-order valence-electron chi connectivity index (χ1n) is 4.75. The Bertz CT molecular complexity index is 458. The summed E-state index contributed by atoms with van der Waals surface area (Å²) in [5, 5.41) is 10.7. The molecule has 2 heterocycles. The van der Waals surface area contributed by atoms with Crippen LogP contribution in [0.2, 0.25) is 5.02 Å². The van der Waals surface area contributed by atoms with Crippen LogP contribution in [0.4, 0.5) is 11.8 Å². The van der Waals surface area contributed by atoms with Crippen molar-refractivity contribution in [3.8, 4) is 0 Å². The fourth-order valence-corrected chi connectivity index (χ4v) is 2.02. The number of hydrogen-bond donors (Lipinski definition) is 2. The van der Waals surface area contributed by atoms with Crippen LogP contribution in [0.1, 0.15) is 5.56 Å². The van der Waals surface area contributed by atoms with Gasteiger partial charge in [0.05, 0.1) is 6.20 Å². The first kappa shape index (κ1) is 11.2. The average Bonchev–Trinajstić information content (AvgIpc) is 2.81. The third-order valence-electron chi connectivity index (χ3n) is 2.01. The second-order valence-electron chi connectivity index (χ2n) is 3.13. The number of aromatic nitrogens is 2. The number of nitrogens with one attached hydrogen (secondary N) is 2. The summed E-state index contributed by atoms with van der Waals surface area (Å²) in [6.07, 6.45) is 1.58. The maximum atomic E-state index is 5.98. The van der Waals surface area contributed by atoms with E-state index in [-0.39, 0.29) is 0 Å². The van der Waals surface area contributed by atoms with E-state index < -0.39 is 0 Å². The van der Waals surface area contributed by atoms with Crippen molar-refractivity contribution in [2.45, 2.75) is 6.54 Å². The molecule has 0 spiro atoms. The van der Waals surface area contributed by atoms with Gasteiger partial charge in [-0.05, 0) is 22.4 Å². The van der Waals surface area contributed by atoms with E-state index in [4.69, 9.17) is 11.6 Å². The maximum absolute atomic E-state index is 5.98. The number of thiophene rings is 1. The first-order chi connectivity index (χ1) is 7.79. The van der Waals surface area contributed by atoms with Gasteiger partial charge in [-0.2, -0.15) is 16.3 Å². The molecule has 16 heavy (non-hydrogen) atoms. The zero-order valence-electron chi connectivity index (χ0n) is 8.70. The fourth-order valence-electron chi connectivity index (χ4n) is 1.19. The van der Waals surface area contributed by atoms with E-state index in [1.165, 1.54) is 5.56 Å². The summed E-state index contributed by atoms with van der Waals surface area (Å²) in [5.41, 5.74) is 1.21. The molecule has 0 aromatic carbocycles. The second-order valence-corrected chi connectivity index (χ2v) is 4.31. The van der Waals surface area contributed by atoms with Gasteiger partial charge in [-0.3, -0.25) is 0 Å². The van der Waals surface area contributed by atoms with E-state index in [1.54, 1.807) is 24.6 Å². The predicted molar refractivity (Wildman–Crippen MR) is 68.2 cm³/mol. The summed E-state index contributed by atoms with van der Waals surface area (Å²) >= 11 is 7.65. The zero-order valence-corrected chi connectivity index (χ0v) is 10.3. The topological polar surface area (TPSA) is 49.8 Å². The molecule has 0 saturated heterocycles. The molecule has 0 radical (unpaired) electrons. The molecular formula is C10H11ClN4S. The molecule has 0 saturated carbocycles. The molecule has 2 aromatic heterocycles. The molecule has 4 nitrogen and oxygen atoms in total. The molecule has 0 aliphatic carbocycles. The highest BCUT2D eigenvalue weighted by atomic mass is 35.5. The Balaban J connectivity index is 2.08. The number of anilines is 2. The number of rotatable bonds is 4. The van der Waals surface area contributed by atoms with Crippen LogP contribution in [0.5, 0.6) is 0 Å². The minimum Gasteiger partial charge on any atom is -0.365 e. The van der Waals surface area contributed by atoms with E-state index in [9.17, 15) is 0 Å². The molecule has 2 aromatic rings. The Kier molecular flexibility index (Phi) is 3.58. The lowest BCUT2D eigenvalue weighted by atomic mass is 10.3. The van der Waals surface area contributed by atoms with Gasteiger partial charge in [-0.25, -0.2) is 4.98 Å². The van der Waals surface area contributed by atoms with Crippen molar-refractivity contribution in [3.63, 3.8) is 0 Å². The number of hydrogen-bond acceptors (Lipinski definition) is 5. The largest absolute Gasteiger partial charge is 0.365 e. The summed E-state index contributed by atoms with van der Waals surface area (Å²) in [5.74, 6) is 1.20. The minimum atomic E-state index is 0.522. The van der Waals surface area contributed by atoms with Crippen molar-refractivity contribution in [1.82, 2.24) is 9.97 Å². The van der Waals surface area contributed by atoms with Gasteiger partial charge in [0, 0.05) is 13.6 Å². The van der Waals surface area contributed by atoms with Crippen molar-refractivity contribution in [1.29, 1.82) is 0 Å². The third kappa shape index (κ3) is 2.62. The smallest absolute Gasteiger partial charge is 0.224 e. The molecule has 0 amide bonds. The van der Waals surface area contributed by atoms with Crippen LogP contribution in [-0.4, -0.2) is 17.0 Å². The highest BCUT2D eigenvalue weighted by Crippen LogP contribution is 2.20. The SMILES string of the molecule is CNc1ncc(Cl)c(NCc2ccsc2)n1. The van der Waals surface area contributed by atoms with Crippen LogP contribution >= 0.6 is 22.9 Å². The van der Waals surface area contributed by atoms with Gasteiger partial charge in [0.2, 0.25) is 5.95 Å². The Hall–Kier alpha value is -1.33. The van der Waals surface area contributed by atoms with Crippen LogP contribution in [0.25, 0.3) is 0 Å². The van der Waals surface area contributed by atoms with Gasteiger partial charge in [0.25, 0.3) is 0 Å². The van der Waals surface area contributed by atoms with Crippen molar-refractivity contribution in [2.75, 3.05) is 17.7 Å². The number of nitrogens with zero attached hydrogens (tertiary/aromatic N) is 2. The van der Waals surface area contributed by atoms with Crippen LogP contribution in [0, 0.1) is 0 Å². The molecule has 2 N–H and O–H groups in total. The van der Waals surface area contributed by atoms with Crippen molar-refractivity contribution >= 4 is 34.7 Å². The Morgan fingerprint density at radius 1 is 1.50 bits per heavy atom. The van der Waals surface area contributed by atoms with Crippen LogP contribution in [0.3, 0.4) is 0 Å². The summed E-state index contributed by atoms with van der Waals surface area (Å²) in [7, 11) is 1.77. The lowest BCUT2D eigenvalue weighted by Crippen LogP contribution is -2.04. The maximum Gasteiger partial charge on any atom is 0.224 e. The minimum absolute atomic E-state index is 0.522. The van der Waals surface area contributed by atoms with Crippen molar-refractivity contribution in [3.05, 3.63) is 33.6 Å². The molecule has 0 aliphatic rings. The highest BCUT2D eigenvalue weighted by Gasteiger charge is 2.04. The monoisotopic (exact) mass is 254 g/mol. The Morgan fingerprint density at radius 2 is 2.38 bits per heavy atom. The molecule has 0 bridgehead atoms. The molecule has 0 unspecified atom stereocenters.